The molecule has 0 bridgehead atoms. The van der Waals surface area contributed by atoms with Crippen LogP contribution in [0.3, 0.4) is 0 Å². The van der Waals surface area contributed by atoms with Crippen molar-refractivity contribution in [2.24, 2.45) is 0 Å². The molecule has 4 rings (SSSR count). The van der Waals surface area contributed by atoms with Gasteiger partial charge in [-0.25, -0.2) is 0 Å². The zero-order valence-corrected chi connectivity index (χ0v) is 15.7. The molecule has 0 aliphatic carbocycles. The van der Waals surface area contributed by atoms with Crippen LogP contribution in [0.2, 0.25) is 0 Å². The van der Waals surface area contributed by atoms with Gasteiger partial charge in [-0.05, 0) is 25.0 Å². The highest BCUT2D eigenvalue weighted by atomic mass is 16.8. The number of hydrogen-bond donors (Lipinski definition) is 0. The van der Waals surface area contributed by atoms with Gasteiger partial charge in [0.1, 0.15) is 18.3 Å². The Balaban J connectivity index is 1.46. The molecule has 0 radical (unpaired) electrons. The molecular weight excluding hydrogens is 344 g/mol. The average Bonchev–Trinajstić information content (AvgIpc) is 3.00. The lowest BCUT2D eigenvalue weighted by molar-refractivity contribution is -0.270. The number of ether oxygens (including phenoxy) is 5. The van der Waals surface area contributed by atoms with Crippen molar-refractivity contribution in [3.05, 3.63) is 71.8 Å². The second kappa shape index (κ2) is 8.09. The molecule has 4 atom stereocenters. The first-order chi connectivity index (χ1) is 13.1. The summed E-state index contributed by atoms with van der Waals surface area (Å²) in [7, 11) is 0. The molecule has 27 heavy (non-hydrogen) atoms. The van der Waals surface area contributed by atoms with E-state index in [0.29, 0.717) is 19.8 Å². The van der Waals surface area contributed by atoms with Crippen molar-refractivity contribution in [1.82, 2.24) is 0 Å². The molecule has 2 aromatic carbocycles. The summed E-state index contributed by atoms with van der Waals surface area (Å²) in [6.45, 7) is 5.18. The molecule has 2 aliphatic rings. The number of rotatable bonds is 6. The smallest absolute Gasteiger partial charge is 0.186 e. The molecule has 5 heteroatoms. The van der Waals surface area contributed by atoms with E-state index in [2.05, 4.69) is 0 Å². The number of hydrogen-bond acceptors (Lipinski definition) is 5. The second-order valence-corrected chi connectivity index (χ2v) is 7.40. The predicted molar refractivity (Wildman–Crippen MR) is 99.8 cm³/mol. The Hall–Kier alpha value is -1.76. The maximum absolute atomic E-state index is 6.22. The van der Waals surface area contributed by atoms with Crippen molar-refractivity contribution in [2.75, 3.05) is 6.61 Å². The van der Waals surface area contributed by atoms with Crippen LogP contribution in [0.25, 0.3) is 0 Å². The molecule has 144 valence electrons. The molecule has 0 N–H and O–H groups in total. The average molecular weight is 370 g/mol. The maximum Gasteiger partial charge on any atom is 0.186 e. The van der Waals surface area contributed by atoms with Gasteiger partial charge >= 0.3 is 0 Å². The fraction of sp³-hybridized carbons (Fsp3) is 0.455. The fourth-order valence-corrected chi connectivity index (χ4v) is 3.55. The van der Waals surface area contributed by atoms with Gasteiger partial charge in [0, 0.05) is 0 Å². The molecule has 5 nitrogen and oxygen atoms in total. The third-order valence-electron chi connectivity index (χ3n) is 4.78. The summed E-state index contributed by atoms with van der Waals surface area (Å²) in [5, 5.41) is 0. The standard InChI is InChI=1S/C22H26O5/c1-22(2)26-18-15-25-21(24-14-17-11-7-4-8-12-17)20(19(18)27-22)23-13-16-9-5-3-6-10-16/h3-12,18-21H,13-15H2,1-2H3/t18-,19-,20-,21-/m1/s1. The Morgan fingerprint density at radius 3 is 2.07 bits per heavy atom. The largest absolute Gasteiger partial charge is 0.365 e. The van der Waals surface area contributed by atoms with Crippen molar-refractivity contribution < 1.29 is 23.7 Å². The molecule has 0 unspecified atom stereocenters. The lowest BCUT2D eigenvalue weighted by Gasteiger charge is -2.37. The summed E-state index contributed by atoms with van der Waals surface area (Å²) < 4.78 is 30.3. The van der Waals surface area contributed by atoms with Gasteiger partial charge in [0.15, 0.2) is 12.1 Å². The van der Waals surface area contributed by atoms with E-state index < -0.39 is 12.1 Å². The monoisotopic (exact) mass is 370 g/mol. The topological polar surface area (TPSA) is 46.2 Å². The zero-order chi connectivity index (χ0) is 18.7. The van der Waals surface area contributed by atoms with Crippen LogP contribution in [0.15, 0.2) is 60.7 Å². The minimum absolute atomic E-state index is 0.155. The summed E-state index contributed by atoms with van der Waals surface area (Å²) in [5.74, 6) is -0.651. The van der Waals surface area contributed by atoms with Crippen molar-refractivity contribution in [3.63, 3.8) is 0 Å². The van der Waals surface area contributed by atoms with E-state index in [0.717, 1.165) is 11.1 Å². The minimum Gasteiger partial charge on any atom is -0.365 e. The number of fused-ring (bicyclic) bond motifs is 1. The van der Waals surface area contributed by atoms with E-state index in [1.54, 1.807) is 0 Å². The van der Waals surface area contributed by atoms with E-state index in [9.17, 15) is 0 Å². The third-order valence-corrected chi connectivity index (χ3v) is 4.78. The van der Waals surface area contributed by atoms with Crippen LogP contribution in [0.4, 0.5) is 0 Å². The molecule has 2 aromatic rings. The van der Waals surface area contributed by atoms with Crippen molar-refractivity contribution in [1.29, 1.82) is 0 Å². The Labute approximate surface area is 160 Å². The fourth-order valence-electron chi connectivity index (χ4n) is 3.55. The first-order valence-electron chi connectivity index (χ1n) is 9.39. The summed E-state index contributed by atoms with van der Waals surface area (Å²) >= 11 is 0. The molecule has 0 spiro atoms. The van der Waals surface area contributed by atoms with E-state index >= 15 is 0 Å². The molecule has 2 aliphatic heterocycles. The van der Waals surface area contributed by atoms with E-state index in [1.165, 1.54) is 0 Å². The Morgan fingerprint density at radius 2 is 1.44 bits per heavy atom. The first-order valence-corrected chi connectivity index (χ1v) is 9.39. The summed E-state index contributed by atoms with van der Waals surface area (Å²) in [4.78, 5) is 0. The van der Waals surface area contributed by atoms with Crippen LogP contribution >= 0.6 is 0 Å². The SMILES string of the molecule is CC1(C)O[C@H]2[C@@H](OCc3ccccc3)[C@H](OCc3ccccc3)OC[C@H]2O1. The molecular formula is C22H26O5. The summed E-state index contributed by atoms with van der Waals surface area (Å²) in [6, 6.07) is 20.1. The van der Waals surface area contributed by atoms with Gasteiger partial charge in [-0.15, -0.1) is 0 Å². The van der Waals surface area contributed by atoms with Crippen LogP contribution in [-0.4, -0.2) is 37.0 Å². The normalized spacial score (nSPS) is 29.4. The van der Waals surface area contributed by atoms with Crippen LogP contribution in [-0.2, 0) is 36.9 Å². The van der Waals surface area contributed by atoms with E-state index in [-0.39, 0.29) is 18.3 Å². The van der Waals surface area contributed by atoms with Crippen LogP contribution < -0.4 is 0 Å². The van der Waals surface area contributed by atoms with Crippen LogP contribution in [0.5, 0.6) is 0 Å². The Bertz CT molecular complexity index is 718. The van der Waals surface area contributed by atoms with Crippen molar-refractivity contribution in [3.8, 4) is 0 Å². The Kier molecular flexibility index (Phi) is 5.57. The molecule has 0 aromatic heterocycles. The van der Waals surface area contributed by atoms with Gasteiger partial charge in [-0.2, -0.15) is 0 Å². The van der Waals surface area contributed by atoms with Gasteiger partial charge in [0.25, 0.3) is 0 Å². The predicted octanol–water partition coefficient (Wildman–Crippen LogP) is 3.67. The molecule has 2 saturated heterocycles. The Morgan fingerprint density at radius 1 is 0.852 bits per heavy atom. The van der Waals surface area contributed by atoms with Crippen molar-refractivity contribution in [2.45, 2.75) is 57.5 Å². The second-order valence-electron chi connectivity index (χ2n) is 7.40. The van der Waals surface area contributed by atoms with Crippen LogP contribution in [0.1, 0.15) is 25.0 Å². The van der Waals surface area contributed by atoms with Gasteiger partial charge in [0.2, 0.25) is 0 Å². The summed E-state index contributed by atoms with van der Waals surface area (Å²) in [6.07, 6.45) is -1.25. The van der Waals surface area contributed by atoms with Gasteiger partial charge < -0.3 is 23.7 Å². The van der Waals surface area contributed by atoms with Gasteiger partial charge in [0.05, 0.1) is 19.8 Å². The van der Waals surface area contributed by atoms with Crippen molar-refractivity contribution >= 4 is 0 Å². The molecule has 0 amide bonds. The maximum atomic E-state index is 6.22. The quantitative estimate of drug-likeness (QED) is 0.776. The highest BCUT2D eigenvalue weighted by Gasteiger charge is 2.52. The molecule has 0 saturated carbocycles. The molecule has 2 fully saturated rings. The minimum atomic E-state index is -0.651. The van der Waals surface area contributed by atoms with E-state index in [4.69, 9.17) is 23.7 Å². The lowest BCUT2D eigenvalue weighted by Crippen LogP contribution is -2.53. The first kappa shape index (κ1) is 18.6. The number of benzene rings is 2. The van der Waals surface area contributed by atoms with E-state index in [1.807, 2.05) is 74.5 Å². The highest BCUT2D eigenvalue weighted by Crippen LogP contribution is 2.36. The van der Waals surface area contributed by atoms with Gasteiger partial charge in [-0.1, -0.05) is 60.7 Å². The van der Waals surface area contributed by atoms with Gasteiger partial charge in [-0.3, -0.25) is 0 Å². The highest BCUT2D eigenvalue weighted by molar-refractivity contribution is 5.14. The zero-order valence-electron chi connectivity index (χ0n) is 15.7. The van der Waals surface area contributed by atoms with Crippen LogP contribution in [0, 0.1) is 0 Å². The molecule has 2 heterocycles. The lowest BCUT2D eigenvalue weighted by atomic mass is 10.1. The summed E-state index contributed by atoms with van der Waals surface area (Å²) in [5.41, 5.74) is 2.19. The third kappa shape index (κ3) is 4.57.